The molecule has 0 fully saturated rings. The molecule has 0 N–H and O–H groups in total. The predicted molar refractivity (Wildman–Crippen MR) is 57.1 cm³/mol. The maximum atomic E-state index is 11.7. The summed E-state index contributed by atoms with van der Waals surface area (Å²) in [5.74, 6) is 0. The summed E-state index contributed by atoms with van der Waals surface area (Å²) < 4.78 is 24.6. The molecule has 3 nitrogen and oxygen atoms in total. The monoisotopic (exact) mass is 233 g/mol. The first-order valence-electron chi connectivity index (χ1n) is 4.04. The second-order valence-electron chi connectivity index (χ2n) is 3.22. The van der Waals surface area contributed by atoms with Gasteiger partial charge in [0.05, 0.1) is 5.02 Å². The lowest BCUT2D eigenvalue weighted by Crippen LogP contribution is -2.22. The normalized spacial score (nSPS) is 12.1. The molecule has 0 unspecified atom stereocenters. The first-order valence-corrected chi connectivity index (χ1v) is 5.86. The van der Waals surface area contributed by atoms with Crippen LogP contribution in [0.1, 0.15) is 5.56 Å². The molecule has 0 radical (unpaired) electrons. The number of hydrogen-bond donors (Lipinski definition) is 0. The van der Waals surface area contributed by atoms with Crippen molar-refractivity contribution in [3.05, 3.63) is 28.8 Å². The highest BCUT2D eigenvalue weighted by Gasteiger charge is 2.19. The third-order valence-corrected chi connectivity index (χ3v) is 4.14. The van der Waals surface area contributed by atoms with E-state index in [1.807, 2.05) is 6.92 Å². The summed E-state index contributed by atoms with van der Waals surface area (Å²) in [5, 5.41) is 0.263. The third kappa shape index (κ3) is 2.08. The molecular formula is C9H12ClNO2S. The van der Waals surface area contributed by atoms with Crippen LogP contribution in [0, 0.1) is 6.92 Å². The average Bonchev–Trinajstić information content (AvgIpc) is 2.02. The van der Waals surface area contributed by atoms with Crippen molar-refractivity contribution in [1.82, 2.24) is 4.31 Å². The third-order valence-electron chi connectivity index (χ3n) is 1.85. The number of halogens is 1. The summed E-state index contributed by atoms with van der Waals surface area (Å²) in [7, 11) is -0.468. The van der Waals surface area contributed by atoms with Gasteiger partial charge in [-0.1, -0.05) is 17.7 Å². The van der Waals surface area contributed by atoms with Gasteiger partial charge < -0.3 is 0 Å². The summed E-state index contributed by atoms with van der Waals surface area (Å²) in [6.07, 6.45) is 0. The predicted octanol–water partition coefficient (Wildman–Crippen LogP) is 1.90. The highest BCUT2D eigenvalue weighted by atomic mass is 35.5. The lowest BCUT2D eigenvalue weighted by molar-refractivity contribution is 0.521. The van der Waals surface area contributed by atoms with Crippen molar-refractivity contribution < 1.29 is 8.42 Å². The Bertz CT molecular complexity index is 440. The van der Waals surface area contributed by atoms with E-state index >= 15 is 0 Å². The summed E-state index contributed by atoms with van der Waals surface area (Å²) in [4.78, 5) is 0.148. The molecule has 14 heavy (non-hydrogen) atoms. The Morgan fingerprint density at radius 2 is 1.86 bits per heavy atom. The summed E-state index contributed by atoms with van der Waals surface area (Å²) in [6.45, 7) is 1.86. The van der Waals surface area contributed by atoms with Crippen molar-refractivity contribution in [3.8, 4) is 0 Å². The number of nitrogens with zero attached hydrogens (tertiary/aromatic N) is 1. The Labute approximate surface area is 89.4 Å². The molecule has 1 rings (SSSR count). The molecule has 78 valence electrons. The fourth-order valence-electron chi connectivity index (χ4n) is 1.01. The topological polar surface area (TPSA) is 37.4 Å². The minimum Gasteiger partial charge on any atom is -0.207 e. The van der Waals surface area contributed by atoms with Crippen molar-refractivity contribution >= 4 is 21.6 Å². The Morgan fingerprint density at radius 3 is 2.29 bits per heavy atom. The minimum atomic E-state index is -3.42. The zero-order valence-corrected chi connectivity index (χ0v) is 9.85. The van der Waals surface area contributed by atoms with Crippen molar-refractivity contribution in [2.45, 2.75) is 11.8 Å². The van der Waals surface area contributed by atoms with Gasteiger partial charge in [-0.2, -0.15) is 0 Å². The molecule has 0 saturated heterocycles. The maximum Gasteiger partial charge on any atom is 0.244 e. The van der Waals surface area contributed by atoms with E-state index in [0.29, 0.717) is 0 Å². The van der Waals surface area contributed by atoms with Crippen LogP contribution in [0.15, 0.2) is 23.1 Å². The number of hydrogen-bond acceptors (Lipinski definition) is 2. The Morgan fingerprint density at radius 1 is 1.29 bits per heavy atom. The summed E-state index contributed by atoms with van der Waals surface area (Å²) in [6, 6.07) is 4.88. The smallest absolute Gasteiger partial charge is 0.207 e. The molecule has 0 aliphatic heterocycles. The molecule has 0 aliphatic carbocycles. The van der Waals surface area contributed by atoms with Gasteiger partial charge in [0.1, 0.15) is 4.90 Å². The minimum absolute atomic E-state index is 0.148. The van der Waals surface area contributed by atoms with Gasteiger partial charge in [-0.05, 0) is 24.6 Å². The highest BCUT2D eigenvalue weighted by molar-refractivity contribution is 7.89. The van der Waals surface area contributed by atoms with Crippen LogP contribution in [0.25, 0.3) is 0 Å². The Balaban J connectivity index is 3.35. The first kappa shape index (κ1) is 11.5. The Hall–Kier alpha value is -0.580. The number of benzene rings is 1. The van der Waals surface area contributed by atoms with Gasteiger partial charge in [-0.15, -0.1) is 0 Å². The van der Waals surface area contributed by atoms with E-state index in [2.05, 4.69) is 0 Å². The van der Waals surface area contributed by atoms with Gasteiger partial charge in [-0.25, -0.2) is 12.7 Å². The molecule has 0 atom stereocenters. The van der Waals surface area contributed by atoms with Crippen LogP contribution in [0.2, 0.25) is 5.02 Å². The van der Waals surface area contributed by atoms with Gasteiger partial charge >= 0.3 is 0 Å². The maximum absolute atomic E-state index is 11.7. The molecule has 0 saturated carbocycles. The van der Waals surface area contributed by atoms with Crippen LogP contribution >= 0.6 is 11.6 Å². The van der Waals surface area contributed by atoms with E-state index in [0.717, 1.165) is 9.87 Å². The van der Waals surface area contributed by atoms with E-state index in [-0.39, 0.29) is 9.92 Å². The van der Waals surface area contributed by atoms with Gasteiger partial charge in [0.15, 0.2) is 0 Å². The summed E-state index contributed by atoms with van der Waals surface area (Å²) in [5.41, 5.74) is 0.938. The molecule has 0 aromatic heterocycles. The fourth-order valence-corrected chi connectivity index (χ4v) is 2.48. The molecular weight excluding hydrogens is 222 g/mol. The van der Waals surface area contributed by atoms with Gasteiger partial charge in [-0.3, -0.25) is 0 Å². The van der Waals surface area contributed by atoms with Crippen LogP contribution < -0.4 is 0 Å². The molecule has 1 aromatic rings. The molecule has 0 heterocycles. The second kappa shape index (κ2) is 3.88. The van der Waals surface area contributed by atoms with Gasteiger partial charge in [0.2, 0.25) is 10.0 Å². The quantitative estimate of drug-likeness (QED) is 0.783. The van der Waals surface area contributed by atoms with Crippen LogP contribution in [0.4, 0.5) is 0 Å². The van der Waals surface area contributed by atoms with E-state index in [1.54, 1.807) is 12.1 Å². The lowest BCUT2D eigenvalue weighted by atomic mass is 10.2. The van der Waals surface area contributed by atoms with Crippen molar-refractivity contribution in [1.29, 1.82) is 0 Å². The summed E-state index contributed by atoms with van der Waals surface area (Å²) >= 11 is 5.85. The van der Waals surface area contributed by atoms with Crippen LogP contribution in [0.5, 0.6) is 0 Å². The van der Waals surface area contributed by atoms with Gasteiger partial charge in [0, 0.05) is 14.1 Å². The fraction of sp³-hybridized carbons (Fsp3) is 0.333. The van der Waals surface area contributed by atoms with E-state index in [4.69, 9.17) is 11.6 Å². The zero-order chi connectivity index (χ0) is 10.9. The first-order chi connectivity index (χ1) is 6.35. The van der Waals surface area contributed by atoms with Gasteiger partial charge in [0.25, 0.3) is 0 Å². The van der Waals surface area contributed by atoms with Crippen molar-refractivity contribution in [2.24, 2.45) is 0 Å². The zero-order valence-electron chi connectivity index (χ0n) is 8.28. The number of sulfonamides is 1. The van der Waals surface area contributed by atoms with Crippen molar-refractivity contribution in [2.75, 3.05) is 14.1 Å². The van der Waals surface area contributed by atoms with Crippen LogP contribution in [-0.2, 0) is 10.0 Å². The van der Waals surface area contributed by atoms with E-state index in [9.17, 15) is 8.42 Å². The Kier molecular flexibility index (Phi) is 3.19. The highest BCUT2D eigenvalue weighted by Crippen LogP contribution is 2.24. The molecule has 0 amide bonds. The average molecular weight is 234 g/mol. The molecule has 5 heteroatoms. The van der Waals surface area contributed by atoms with E-state index < -0.39 is 10.0 Å². The molecule has 0 bridgehead atoms. The molecule has 0 spiro atoms. The molecule has 1 aromatic carbocycles. The van der Waals surface area contributed by atoms with Crippen molar-refractivity contribution in [3.63, 3.8) is 0 Å². The van der Waals surface area contributed by atoms with Crippen LogP contribution in [0.3, 0.4) is 0 Å². The van der Waals surface area contributed by atoms with E-state index in [1.165, 1.54) is 20.2 Å². The SMILES string of the molecule is Cc1ccc(S(=O)(=O)N(C)C)c(Cl)c1. The number of rotatable bonds is 2. The standard InChI is InChI=1S/C9H12ClNO2S/c1-7-4-5-9(8(10)6-7)14(12,13)11(2)3/h4-6H,1-3H3. The van der Waals surface area contributed by atoms with Crippen LogP contribution in [-0.4, -0.2) is 26.8 Å². The number of aryl methyl sites for hydroxylation is 1. The molecule has 0 aliphatic rings. The second-order valence-corrected chi connectivity index (χ2v) is 5.75. The lowest BCUT2D eigenvalue weighted by Gasteiger charge is -2.12. The largest absolute Gasteiger partial charge is 0.244 e.